The molecule has 0 saturated heterocycles. The molecule has 0 aromatic heterocycles. The Morgan fingerprint density at radius 3 is 2.48 bits per heavy atom. The lowest BCUT2D eigenvalue weighted by Gasteiger charge is -2.10. The predicted octanol–water partition coefficient (Wildman–Crippen LogP) is 3.60. The molecule has 21 heavy (non-hydrogen) atoms. The molecule has 0 fully saturated rings. The molecule has 2 rings (SSSR count). The average Bonchev–Trinajstić information content (AvgIpc) is 2.49. The number of anilines is 1. The summed E-state index contributed by atoms with van der Waals surface area (Å²) in [6.07, 6.45) is 0.153. The van der Waals surface area contributed by atoms with Crippen molar-refractivity contribution in [3.05, 3.63) is 66.4 Å². The molecule has 0 aliphatic carbocycles. The minimum Gasteiger partial charge on any atom is -0.506 e. The smallest absolute Gasteiger partial charge is 0.168 e. The fraction of sp³-hybridized carbons (Fsp3) is 0.118. The minimum absolute atomic E-state index is 0.0504. The highest BCUT2D eigenvalue weighted by Crippen LogP contribution is 2.24. The number of ether oxygens (including phenoxy) is 1. The van der Waals surface area contributed by atoms with Gasteiger partial charge in [-0.15, -0.1) is 0 Å². The van der Waals surface area contributed by atoms with Gasteiger partial charge in [-0.3, -0.25) is 4.79 Å². The second-order valence-electron chi connectivity index (χ2n) is 4.57. The van der Waals surface area contributed by atoms with Crippen LogP contribution in [0, 0.1) is 0 Å². The Bertz CT molecular complexity index is 647. The number of benzene rings is 2. The number of hydrogen-bond donors (Lipinski definition) is 2. The van der Waals surface area contributed by atoms with Crippen LogP contribution in [0.4, 0.5) is 5.69 Å². The molecule has 0 spiro atoms. The van der Waals surface area contributed by atoms with Gasteiger partial charge >= 0.3 is 0 Å². The molecule has 108 valence electrons. The summed E-state index contributed by atoms with van der Waals surface area (Å²) in [5.41, 5.74) is 1.65. The van der Waals surface area contributed by atoms with Crippen LogP contribution in [0.3, 0.4) is 0 Å². The molecule has 4 nitrogen and oxygen atoms in total. The highest BCUT2D eigenvalue weighted by atomic mass is 16.5. The third-order valence-electron chi connectivity index (χ3n) is 3.00. The largest absolute Gasteiger partial charge is 0.506 e. The number of para-hydroxylation sites is 2. The van der Waals surface area contributed by atoms with Crippen LogP contribution < -0.4 is 10.1 Å². The highest BCUT2D eigenvalue weighted by molar-refractivity contribution is 5.97. The SMILES string of the molecule is C=C(CC(=O)c1ccc(OC)cc1)Nc1ccccc1O. The lowest BCUT2D eigenvalue weighted by molar-refractivity contribution is 0.0993. The van der Waals surface area contributed by atoms with Gasteiger partial charge in [0.15, 0.2) is 5.78 Å². The molecule has 0 atom stereocenters. The van der Waals surface area contributed by atoms with Gasteiger partial charge in [-0.05, 0) is 36.4 Å². The summed E-state index contributed by atoms with van der Waals surface area (Å²) in [5, 5.41) is 12.6. The lowest BCUT2D eigenvalue weighted by Crippen LogP contribution is -2.06. The number of allylic oxidation sites excluding steroid dienone is 1. The van der Waals surface area contributed by atoms with Gasteiger partial charge < -0.3 is 15.2 Å². The summed E-state index contributed by atoms with van der Waals surface area (Å²) in [4.78, 5) is 12.1. The van der Waals surface area contributed by atoms with E-state index in [9.17, 15) is 9.90 Å². The van der Waals surface area contributed by atoms with Crippen molar-refractivity contribution in [1.29, 1.82) is 0 Å². The summed E-state index contributed by atoms with van der Waals surface area (Å²) < 4.78 is 5.05. The molecule has 0 bridgehead atoms. The van der Waals surface area contributed by atoms with Crippen molar-refractivity contribution in [2.45, 2.75) is 6.42 Å². The van der Waals surface area contributed by atoms with Gasteiger partial charge in [-0.25, -0.2) is 0 Å². The van der Waals surface area contributed by atoms with E-state index in [1.54, 1.807) is 55.6 Å². The van der Waals surface area contributed by atoms with Crippen molar-refractivity contribution >= 4 is 11.5 Å². The Morgan fingerprint density at radius 1 is 1.19 bits per heavy atom. The van der Waals surface area contributed by atoms with E-state index in [0.717, 1.165) is 0 Å². The van der Waals surface area contributed by atoms with Crippen molar-refractivity contribution in [2.24, 2.45) is 0 Å². The number of nitrogens with one attached hydrogen (secondary N) is 1. The Kier molecular flexibility index (Phi) is 4.61. The van der Waals surface area contributed by atoms with Crippen molar-refractivity contribution in [3.8, 4) is 11.5 Å². The molecule has 2 aromatic rings. The third kappa shape index (κ3) is 3.86. The van der Waals surface area contributed by atoms with Gasteiger partial charge in [0, 0.05) is 11.3 Å². The number of carbonyl (C=O) groups is 1. The highest BCUT2D eigenvalue weighted by Gasteiger charge is 2.09. The van der Waals surface area contributed by atoms with Crippen LogP contribution in [0.1, 0.15) is 16.8 Å². The minimum atomic E-state index is -0.0504. The molecule has 0 unspecified atom stereocenters. The van der Waals surface area contributed by atoms with E-state index in [2.05, 4.69) is 11.9 Å². The number of phenols is 1. The number of hydrogen-bond acceptors (Lipinski definition) is 4. The zero-order valence-electron chi connectivity index (χ0n) is 11.8. The van der Waals surface area contributed by atoms with E-state index in [1.807, 2.05) is 0 Å². The molecule has 2 N–H and O–H groups in total. The van der Waals surface area contributed by atoms with E-state index in [1.165, 1.54) is 0 Å². The van der Waals surface area contributed by atoms with Gasteiger partial charge in [-0.1, -0.05) is 18.7 Å². The molecule has 0 aliphatic heterocycles. The van der Waals surface area contributed by atoms with E-state index in [4.69, 9.17) is 4.74 Å². The maximum atomic E-state index is 12.1. The van der Waals surface area contributed by atoms with Crippen molar-refractivity contribution < 1.29 is 14.6 Å². The maximum Gasteiger partial charge on any atom is 0.168 e. The summed E-state index contributed by atoms with van der Waals surface area (Å²) in [6, 6.07) is 13.7. The zero-order chi connectivity index (χ0) is 15.2. The monoisotopic (exact) mass is 283 g/mol. The van der Waals surface area contributed by atoms with Gasteiger partial charge in [0.25, 0.3) is 0 Å². The predicted molar refractivity (Wildman–Crippen MR) is 82.8 cm³/mol. The third-order valence-corrected chi connectivity index (χ3v) is 3.00. The Hall–Kier alpha value is -2.75. The van der Waals surface area contributed by atoms with Gasteiger partial charge in [0.05, 0.1) is 19.2 Å². The van der Waals surface area contributed by atoms with Crippen molar-refractivity contribution in [1.82, 2.24) is 0 Å². The first kappa shape index (κ1) is 14.7. The summed E-state index contributed by atoms with van der Waals surface area (Å²) in [6.45, 7) is 3.82. The van der Waals surface area contributed by atoms with E-state index in [0.29, 0.717) is 22.7 Å². The first-order chi connectivity index (χ1) is 10.1. The number of aromatic hydroxyl groups is 1. The van der Waals surface area contributed by atoms with E-state index < -0.39 is 0 Å². The van der Waals surface area contributed by atoms with Crippen LogP contribution in [-0.4, -0.2) is 18.0 Å². The first-order valence-electron chi connectivity index (χ1n) is 6.50. The fourth-order valence-electron chi connectivity index (χ4n) is 1.89. The van der Waals surface area contributed by atoms with Gasteiger partial charge in [0.1, 0.15) is 11.5 Å². The summed E-state index contributed by atoms with van der Waals surface area (Å²) >= 11 is 0. The van der Waals surface area contributed by atoms with Crippen molar-refractivity contribution in [3.63, 3.8) is 0 Å². The zero-order valence-corrected chi connectivity index (χ0v) is 11.8. The van der Waals surface area contributed by atoms with Crippen LogP contribution in [0.25, 0.3) is 0 Å². The Labute approximate surface area is 123 Å². The molecular weight excluding hydrogens is 266 g/mol. The number of Topliss-reactive ketones (excluding diaryl/α,β-unsaturated/α-hetero) is 1. The Balaban J connectivity index is 1.98. The first-order valence-corrected chi connectivity index (χ1v) is 6.50. The number of ketones is 1. The fourth-order valence-corrected chi connectivity index (χ4v) is 1.89. The van der Waals surface area contributed by atoms with Crippen LogP contribution in [0.15, 0.2) is 60.8 Å². The topological polar surface area (TPSA) is 58.6 Å². The molecule has 0 aliphatic rings. The van der Waals surface area contributed by atoms with Crippen molar-refractivity contribution in [2.75, 3.05) is 12.4 Å². The molecule has 0 amide bonds. The van der Waals surface area contributed by atoms with E-state index >= 15 is 0 Å². The number of rotatable bonds is 6. The second kappa shape index (κ2) is 6.61. The standard InChI is InChI=1S/C17H17NO3/c1-12(18-15-5-3-4-6-16(15)19)11-17(20)13-7-9-14(21-2)10-8-13/h3-10,18-19H,1,11H2,2H3. The quantitative estimate of drug-likeness (QED) is 0.628. The van der Waals surface area contributed by atoms with Crippen LogP contribution in [0.2, 0.25) is 0 Å². The van der Waals surface area contributed by atoms with E-state index in [-0.39, 0.29) is 18.0 Å². The van der Waals surface area contributed by atoms with Crippen LogP contribution in [0.5, 0.6) is 11.5 Å². The number of carbonyl (C=O) groups excluding carboxylic acids is 1. The number of phenolic OH excluding ortho intramolecular Hbond substituents is 1. The molecule has 0 saturated carbocycles. The van der Waals surface area contributed by atoms with Gasteiger partial charge in [0.2, 0.25) is 0 Å². The molecule has 0 heterocycles. The van der Waals surface area contributed by atoms with Gasteiger partial charge in [-0.2, -0.15) is 0 Å². The van der Waals surface area contributed by atoms with Crippen LogP contribution in [-0.2, 0) is 0 Å². The maximum absolute atomic E-state index is 12.1. The molecule has 2 aromatic carbocycles. The molecule has 0 radical (unpaired) electrons. The Morgan fingerprint density at radius 2 is 1.86 bits per heavy atom. The van der Waals surface area contributed by atoms with Crippen LogP contribution >= 0.6 is 0 Å². The number of methoxy groups -OCH3 is 1. The summed E-state index contributed by atoms with van der Waals surface area (Å²) in [7, 11) is 1.58. The lowest BCUT2D eigenvalue weighted by atomic mass is 10.1. The summed E-state index contributed by atoms with van der Waals surface area (Å²) in [5.74, 6) is 0.777. The molecular formula is C17H17NO3. The average molecular weight is 283 g/mol. The second-order valence-corrected chi connectivity index (χ2v) is 4.57. The normalized spacial score (nSPS) is 9.95. The molecule has 4 heteroatoms.